The summed E-state index contributed by atoms with van der Waals surface area (Å²) in [7, 11) is 3.61. The zero-order valence-corrected chi connectivity index (χ0v) is 11.9. The molecule has 0 fully saturated rings. The molecule has 7 nitrogen and oxygen atoms in total. The highest BCUT2D eigenvalue weighted by Gasteiger charge is 2.15. The average Bonchev–Trinajstić information content (AvgIpc) is 2.85. The molecule has 0 bridgehead atoms. The SMILES string of the molecule is CCNc1ccc(C(=O)N(C)Cc2nccn2C)nn1. The highest BCUT2D eigenvalue weighted by Crippen LogP contribution is 2.06. The van der Waals surface area contributed by atoms with Gasteiger partial charge in [-0.1, -0.05) is 0 Å². The van der Waals surface area contributed by atoms with E-state index in [1.54, 1.807) is 30.3 Å². The van der Waals surface area contributed by atoms with Crippen LogP contribution in [-0.4, -0.2) is 44.1 Å². The van der Waals surface area contributed by atoms with Gasteiger partial charge in [-0.3, -0.25) is 4.79 Å². The second-order valence-electron chi connectivity index (χ2n) is 4.45. The Hall–Kier alpha value is -2.44. The summed E-state index contributed by atoms with van der Waals surface area (Å²) in [6.45, 7) is 3.17. The second-order valence-corrected chi connectivity index (χ2v) is 4.45. The van der Waals surface area contributed by atoms with Crippen LogP contribution in [0, 0.1) is 0 Å². The Labute approximate surface area is 117 Å². The first kappa shape index (κ1) is 14.0. The molecule has 1 N–H and O–H groups in total. The zero-order chi connectivity index (χ0) is 14.5. The first-order valence-electron chi connectivity index (χ1n) is 6.41. The van der Waals surface area contributed by atoms with E-state index in [4.69, 9.17) is 0 Å². The molecule has 0 saturated heterocycles. The van der Waals surface area contributed by atoms with Crippen LogP contribution >= 0.6 is 0 Å². The van der Waals surface area contributed by atoms with Crippen molar-refractivity contribution in [3.8, 4) is 0 Å². The number of nitrogens with zero attached hydrogens (tertiary/aromatic N) is 5. The van der Waals surface area contributed by atoms with E-state index in [9.17, 15) is 4.79 Å². The van der Waals surface area contributed by atoms with Crippen molar-refractivity contribution >= 4 is 11.7 Å². The predicted octanol–water partition coefficient (Wildman–Crippen LogP) is 0.914. The van der Waals surface area contributed by atoms with Crippen molar-refractivity contribution in [3.63, 3.8) is 0 Å². The van der Waals surface area contributed by atoms with Crippen LogP contribution in [-0.2, 0) is 13.6 Å². The lowest BCUT2D eigenvalue weighted by atomic mass is 10.3. The first-order valence-corrected chi connectivity index (χ1v) is 6.41. The van der Waals surface area contributed by atoms with Crippen molar-refractivity contribution < 1.29 is 4.79 Å². The minimum absolute atomic E-state index is 0.177. The molecular formula is C13H18N6O. The largest absolute Gasteiger partial charge is 0.369 e. The highest BCUT2D eigenvalue weighted by molar-refractivity contribution is 5.91. The molecule has 0 atom stereocenters. The molecule has 2 aromatic heterocycles. The Kier molecular flexibility index (Phi) is 4.29. The van der Waals surface area contributed by atoms with Gasteiger partial charge in [0.25, 0.3) is 5.91 Å². The predicted molar refractivity (Wildman–Crippen MR) is 75.2 cm³/mol. The van der Waals surface area contributed by atoms with Crippen LogP contribution in [0.2, 0.25) is 0 Å². The Morgan fingerprint density at radius 1 is 1.40 bits per heavy atom. The molecule has 20 heavy (non-hydrogen) atoms. The van der Waals surface area contributed by atoms with Gasteiger partial charge in [0.05, 0.1) is 6.54 Å². The summed E-state index contributed by atoms with van der Waals surface area (Å²) in [4.78, 5) is 18.0. The van der Waals surface area contributed by atoms with E-state index in [1.165, 1.54) is 0 Å². The average molecular weight is 274 g/mol. The number of hydrogen-bond donors (Lipinski definition) is 1. The number of aromatic nitrogens is 4. The molecule has 1 amide bonds. The van der Waals surface area contributed by atoms with Crippen LogP contribution in [0.25, 0.3) is 0 Å². The fourth-order valence-electron chi connectivity index (χ4n) is 1.75. The molecule has 2 aromatic rings. The third-order valence-electron chi connectivity index (χ3n) is 2.89. The minimum atomic E-state index is -0.177. The molecule has 7 heteroatoms. The van der Waals surface area contributed by atoms with E-state index < -0.39 is 0 Å². The van der Waals surface area contributed by atoms with E-state index in [0.717, 1.165) is 12.4 Å². The number of anilines is 1. The summed E-state index contributed by atoms with van der Waals surface area (Å²) in [6.07, 6.45) is 3.55. The fraction of sp³-hybridized carbons (Fsp3) is 0.385. The Bertz CT molecular complexity index is 577. The number of hydrogen-bond acceptors (Lipinski definition) is 5. The second kappa shape index (κ2) is 6.14. The van der Waals surface area contributed by atoms with Crippen molar-refractivity contribution in [1.82, 2.24) is 24.6 Å². The maximum atomic E-state index is 12.2. The maximum Gasteiger partial charge on any atom is 0.274 e. The lowest BCUT2D eigenvalue weighted by Gasteiger charge is -2.16. The standard InChI is InChI=1S/C13H18N6O/c1-4-14-11-6-5-10(16-17-11)13(20)19(3)9-12-15-7-8-18(12)2/h5-8H,4,9H2,1-3H3,(H,14,17). The van der Waals surface area contributed by atoms with Crippen LogP contribution in [0.3, 0.4) is 0 Å². The van der Waals surface area contributed by atoms with Gasteiger partial charge in [-0.2, -0.15) is 0 Å². The zero-order valence-electron chi connectivity index (χ0n) is 11.9. The number of carbonyl (C=O) groups is 1. The number of aryl methyl sites for hydroxylation is 1. The van der Waals surface area contributed by atoms with E-state index in [2.05, 4.69) is 20.5 Å². The third-order valence-corrected chi connectivity index (χ3v) is 2.89. The van der Waals surface area contributed by atoms with Gasteiger partial charge in [0.15, 0.2) is 5.69 Å². The molecule has 0 saturated carbocycles. The highest BCUT2D eigenvalue weighted by atomic mass is 16.2. The molecule has 2 rings (SSSR count). The summed E-state index contributed by atoms with van der Waals surface area (Å²) in [6, 6.07) is 3.42. The summed E-state index contributed by atoms with van der Waals surface area (Å²) in [5.41, 5.74) is 0.323. The Balaban J connectivity index is 2.04. The molecule has 0 aliphatic heterocycles. The molecular weight excluding hydrogens is 256 g/mol. The van der Waals surface area contributed by atoms with Gasteiger partial charge in [0.2, 0.25) is 0 Å². The molecule has 0 spiro atoms. The van der Waals surface area contributed by atoms with Gasteiger partial charge in [-0.15, -0.1) is 10.2 Å². The van der Waals surface area contributed by atoms with Gasteiger partial charge in [0.1, 0.15) is 11.6 Å². The molecule has 0 aliphatic carbocycles. The third kappa shape index (κ3) is 3.11. The van der Waals surface area contributed by atoms with E-state index in [1.807, 2.05) is 24.7 Å². The van der Waals surface area contributed by atoms with Crippen LogP contribution in [0.15, 0.2) is 24.5 Å². The maximum absolute atomic E-state index is 12.2. The number of imidazole rings is 1. The number of rotatable bonds is 5. The molecule has 0 unspecified atom stereocenters. The van der Waals surface area contributed by atoms with E-state index in [-0.39, 0.29) is 5.91 Å². The molecule has 0 aromatic carbocycles. The summed E-state index contributed by atoms with van der Waals surface area (Å²) >= 11 is 0. The topological polar surface area (TPSA) is 75.9 Å². The molecule has 0 aliphatic rings. The molecule has 0 radical (unpaired) electrons. The lowest BCUT2D eigenvalue weighted by molar-refractivity contribution is 0.0773. The van der Waals surface area contributed by atoms with Crippen LogP contribution in [0.4, 0.5) is 5.82 Å². The fourth-order valence-corrected chi connectivity index (χ4v) is 1.75. The van der Waals surface area contributed by atoms with Crippen molar-refractivity contribution in [3.05, 3.63) is 36.0 Å². The van der Waals surface area contributed by atoms with Gasteiger partial charge in [0, 0.05) is 33.0 Å². The normalized spacial score (nSPS) is 10.3. The van der Waals surface area contributed by atoms with Crippen molar-refractivity contribution in [2.75, 3.05) is 18.9 Å². The van der Waals surface area contributed by atoms with Crippen LogP contribution in [0.5, 0.6) is 0 Å². The van der Waals surface area contributed by atoms with Gasteiger partial charge < -0.3 is 14.8 Å². The van der Waals surface area contributed by atoms with E-state index >= 15 is 0 Å². The summed E-state index contributed by atoms with van der Waals surface area (Å²) < 4.78 is 1.88. The van der Waals surface area contributed by atoms with Gasteiger partial charge in [-0.05, 0) is 19.1 Å². The molecule has 106 valence electrons. The van der Waals surface area contributed by atoms with Gasteiger partial charge >= 0.3 is 0 Å². The number of nitrogens with one attached hydrogen (secondary N) is 1. The smallest absolute Gasteiger partial charge is 0.274 e. The number of carbonyl (C=O) groups excluding carboxylic acids is 1. The van der Waals surface area contributed by atoms with Crippen LogP contribution < -0.4 is 5.32 Å². The van der Waals surface area contributed by atoms with Crippen LogP contribution in [0.1, 0.15) is 23.2 Å². The summed E-state index contributed by atoms with van der Waals surface area (Å²) in [5, 5.41) is 10.9. The van der Waals surface area contributed by atoms with Crippen molar-refractivity contribution in [2.45, 2.75) is 13.5 Å². The Morgan fingerprint density at radius 3 is 2.75 bits per heavy atom. The number of amides is 1. The summed E-state index contributed by atoms with van der Waals surface area (Å²) in [5.74, 6) is 1.30. The van der Waals surface area contributed by atoms with E-state index in [0.29, 0.717) is 18.1 Å². The molecule has 2 heterocycles. The first-order chi connectivity index (χ1) is 9.61. The lowest BCUT2D eigenvalue weighted by Crippen LogP contribution is -2.28. The van der Waals surface area contributed by atoms with Crippen molar-refractivity contribution in [1.29, 1.82) is 0 Å². The minimum Gasteiger partial charge on any atom is -0.369 e. The van der Waals surface area contributed by atoms with Gasteiger partial charge in [-0.25, -0.2) is 4.98 Å². The van der Waals surface area contributed by atoms with Crippen molar-refractivity contribution in [2.24, 2.45) is 7.05 Å². The monoisotopic (exact) mass is 274 g/mol. The quantitative estimate of drug-likeness (QED) is 0.877. The Morgan fingerprint density at radius 2 is 2.20 bits per heavy atom.